The maximum atomic E-state index is 12.3. The van der Waals surface area contributed by atoms with E-state index in [1.165, 1.54) is 0 Å². The second kappa shape index (κ2) is 6.47. The maximum Gasteiger partial charge on any atom is 0.304 e. The molecule has 2 heterocycles. The van der Waals surface area contributed by atoms with Gasteiger partial charge in [0.2, 0.25) is 0 Å². The van der Waals surface area contributed by atoms with Gasteiger partial charge < -0.3 is 10.0 Å². The number of carboxylic acids is 1. The highest BCUT2D eigenvalue weighted by atomic mass is 16.4. The van der Waals surface area contributed by atoms with Gasteiger partial charge in [-0.05, 0) is 19.1 Å². The van der Waals surface area contributed by atoms with Crippen molar-refractivity contribution in [2.45, 2.75) is 13.3 Å². The van der Waals surface area contributed by atoms with Crippen molar-refractivity contribution >= 4 is 11.9 Å². The van der Waals surface area contributed by atoms with Gasteiger partial charge in [-0.1, -0.05) is 6.07 Å². The monoisotopic (exact) mass is 277 g/mol. The summed E-state index contributed by atoms with van der Waals surface area (Å²) in [6.07, 6.45) is 0.146. The zero-order valence-corrected chi connectivity index (χ0v) is 11.6. The minimum atomic E-state index is -0.785. The van der Waals surface area contributed by atoms with Gasteiger partial charge in [-0.2, -0.15) is 0 Å². The Bertz CT molecular complexity index is 496. The Hall–Kier alpha value is -1.95. The van der Waals surface area contributed by atoms with Crippen LogP contribution in [0.5, 0.6) is 0 Å². The van der Waals surface area contributed by atoms with E-state index in [-0.39, 0.29) is 12.3 Å². The van der Waals surface area contributed by atoms with Crippen LogP contribution < -0.4 is 0 Å². The largest absolute Gasteiger partial charge is 0.481 e. The predicted octanol–water partition coefficient (Wildman–Crippen LogP) is 0.623. The molecular weight excluding hydrogens is 258 g/mol. The molecule has 20 heavy (non-hydrogen) atoms. The van der Waals surface area contributed by atoms with Crippen molar-refractivity contribution in [3.8, 4) is 0 Å². The number of carbonyl (C=O) groups excluding carboxylic acids is 1. The van der Waals surface area contributed by atoms with Gasteiger partial charge in [0, 0.05) is 38.4 Å². The number of hydrogen-bond donors (Lipinski definition) is 1. The summed E-state index contributed by atoms with van der Waals surface area (Å²) >= 11 is 0. The summed E-state index contributed by atoms with van der Waals surface area (Å²) in [5.41, 5.74) is 1.31. The van der Waals surface area contributed by atoms with Gasteiger partial charge in [-0.15, -0.1) is 0 Å². The Morgan fingerprint density at radius 3 is 2.55 bits per heavy atom. The van der Waals surface area contributed by atoms with Crippen molar-refractivity contribution in [1.82, 2.24) is 14.8 Å². The van der Waals surface area contributed by atoms with E-state index in [0.29, 0.717) is 38.4 Å². The number of aliphatic carboxylic acids is 1. The first-order valence-electron chi connectivity index (χ1n) is 6.73. The number of carboxylic acid groups (broad SMARTS) is 1. The quantitative estimate of drug-likeness (QED) is 0.873. The smallest absolute Gasteiger partial charge is 0.304 e. The summed E-state index contributed by atoms with van der Waals surface area (Å²) in [7, 11) is 0. The van der Waals surface area contributed by atoms with Gasteiger partial charge >= 0.3 is 5.97 Å². The Balaban J connectivity index is 1.87. The van der Waals surface area contributed by atoms with Crippen molar-refractivity contribution in [2.24, 2.45) is 0 Å². The van der Waals surface area contributed by atoms with Crippen LogP contribution in [0.4, 0.5) is 0 Å². The van der Waals surface area contributed by atoms with Crippen molar-refractivity contribution in [2.75, 3.05) is 32.7 Å². The zero-order chi connectivity index (χ0) is 14.5. The molecule has 1 aromatic heterocycles. The lowest BCUT2D eigenvalue weighted by molar-refractivity contribution is -0.137. The minimum absolute atomic E-state index is 0.0495. The normalized spacial score (nSPS) is 16.1. The number of piperazine rings is 1. The van der Waals surface area contributed by atoms with E-state index < -0.39 is 5.97 Å². The molecular formula is C14H19N3O3. The molecule has 0 saturated carbocycles. The van der Waals surface area contributed by atoms with Crippen molar-refractivity contribution in [3.63, 3.8) is 0 Å². The van der Waals surface area contributed by atoms with Gasteiger partial charge in [-0.3, -0.25) is 14.5 Å². The fraction of sp³-hybridized carbons (Fsp3) is 0.500. The maximum absolute atomic E-state index is 12.3. The number of pyridine rings is 1. The van der Waals surface area contributed by atoms with E-state index in [4.69, 9.17) is 5.11 Å². The van der Waals surface area contributed by atoms with E-state index in [2.05, 4.69) is 9.88 Å². The predicted molar refractivity (Wildman–Crippen MR) is 73.6 cm³/mol. The summed E-state index contributed by atoms with van der Waals surface area (Å²) in [6.45, 7) is 5.07. The first-order chi connectivity index (χ1) is 9.56. The fourth-order valence-corrected chi connectivity index (χ4v) is 2.25. The lowest BCUT2D eigenvalue weighted by atomic mass is 10.2. The summed E-state index contributed by atoms with van der Waals surface area (Å²) < 4.78 is 0. The second-order valence-electron chi connectivity index (χ2n) is 4.94. The summed E-state index contributed by atoms with van der Waals surface area (Å²) in [4.78, 5) is 30.9. The van der Waals surface area contributed by atoms with Crippen LogP contribution in [0.15, 0.2) is 18.2 Å². The van der Waals surface area contributed by atoms with Gasteiger partial charge in [0.25, 0.3) is 5.91 Å². The van der Waals surface area contributed by atoms with Gasteiger partial charge in [-0.25, -0.2) is 4.98 Å². The van der Waals surface area contributed by atoms with Crippen LogP contribution in [-0.4, -0.2) is 64.5 Å². The molecule has 0 bridgehead atoms. The van der Waals surface area contributed by atoms with Crippen molar-refractivity contribution in [1.29, 1.82) is 0 Å². The minimum Gasteiger partial charge on any atom is -0.481 e. The third kappa shape index (κ3) is 3.77. The number of aromatic nitrogens is 1. The van der Waals surface area contributed by atoms with E-state index in [9.17, 15) is 9.59 Å². The molecule has 1 aromatic rings. The van der Waals surface area contributed by atoms with Crippen molar-refractivity contribution < 1.29 is 14.7 Å². The molecule has 108 valence electrons. The third-order valence-electron chi connectivity index (χ3n) is 3.41. The van der Waals surface area contributed by atoms with Crippen LogP contribution in [-0.2, 0) is 4.79 Å². The molecule has 0 radical (unpaired) electrons. The Morgan fingerprint density at radius 1 is 1.25 bits per heavy atom. The fourth-order valence-electron chi connectivity index (χ4n) is 2.25. The average Bonchev–Trinajstić information content (AvgIpc) is 2.45. The lowest BCUT2D eigenvalue weighted by Crippen LogP contribution is -2.49. The van der Waals surface area contributed by atoms with Crippen LogP contribution in [0.25, 0.3) is 0 Å². The molecule has 0 spiro atoms. The number of amides is 1. The van der Waals surface area contributed by atoms with Gasteiger partial charge in [0.05, 0.1) is 6.42 Å². The molecule has 2 rings (SSSR count). The molecule has 0 aromatic carbocycles. The summed E-state index contributed by atoms with van der Waals surface area (Å²) in [5, 5.41) is 8.66. The van der Waals surface area contributed by atoms with Crippen LogP contribution in [0.1, 0.15) is 22.6 Å². The highest BCUT2D eigenvalue weighted by molar-refractivity contribution is 5.92. The highest BCUT2D eigenvalue weighted by Crippen LogP contribution is 2.08. The molecule has 1 fully saturated rings. The average molecular weight is 277 g/mol. The molecule has 6 heteroatoms. The van der Waals surface area contributed by atoms with E-state index in [1.54, 1.807) is 11.0 Å². The van der Waals surface area contributed by atoms with Crippen LogP contribution in [0, 0.1) is 6.92 Å². The van der Waals surface area contributed by atoms with Crippen LogP contribution in [0.3, 0.4) is 0 Å². The van der Waals surface area contributed by atoms with E-state index in [1.807, 2.05) is 19.1 Å². The summed E-state index contributed by atoms with van der Waals surface area (Å²) in [5.74, 6) is -0.834. The molecule has 1 aliphatic heterocycles. The molecule has 0 unspecified atom stereocenters. The molecule has 1 N–H and O–H groups in total. The van der Waals surface area contributed by atoms with Gasteiger partial charge in [0.15, 0.2) is 0 Å². The number of rotatable bonds is 4. The molecule has 0 atom stereocenters. The molecule has 1 amide bonds. The number of hydrogen-bond acceptors (Lipinski definition) is 4. The lowest BCUT2D eigenvalue weighted by Gasteiger charge is -2.34. The van der Waals surface area contributed by atoms with E-state index >= 15 is 0 Å². The number of aryl methyl sites for hydroxylation is 1. The SMILES string of the molecule is Cc1cccc(C(=O)N2CCN(CCC(=O)O)CC2)n1. The van der Waals surface area contributed by atoms with E-state index in [0.717, 1.165) is 5.69 Å². The van der Waals surface area contributed by atoms with Crippen LogP contribution >= 0.6 is 0 Å². The Kier molecular flexibility index (Phi) is 4.68. The third-order valence-corrected chi connectivity index (χ3v) is 3.41. The van der Waals surface area contributed by atoms with Crippen molar-refractivity contribution in [3.05, 3.63) is 29.6 Å². The zero-order valence-electron chi connectivity index (χ0n) is 11.6. The first-order valence-corrected chi connectivity index (χ1v) is 6.73. The summed E-state index contributed by atoms with van der Waals surface area (Å²) in [6, 6.07) is 5.42. The van der Waals surface area contributed by atoms with Crippen LogP contribution in [0.2, 0.25) is 0 Å². The molecule has 6 nitrogen and oxygen atoms in total. The topological polar surface area (TPSA) is 73.7 Å². The Morgan fingerprint density at radius 2 is 1.95 bits per heavy atom. The number of nitrogens with zero attached hydrogens (tertiary/aromatic N) is 3. The molecule has 1 aliphatic rings. The highest BCUT2D eigenvalue weighted by Gasteiger charge is 2.22. The first kappa shape index (κ1) is 14.5. The second-order valence-corrected chi connectivity index (χ2v) is 4.94. The standard InChI is InChI=1S/C14H19N3O3/c1-11-3-2-4-12(15-11)14(20)17-9-7-16(8-10-17)6-5-13(18)19/h2-4H,5-10H2,1H3,(H,18,19). The van der Waals surface area contributed by atoms with Gasteiger partial charge in [0.1, 0.15) is 5.69 Å². The molecule has 1 saturated heterocycles. The number of carbonyl (C=O) groups is 2. The molecule has 0 aliphatic carbocycles. The Labute approximate surface area is 118 Å².